The summed E-state index contributed by atoms with van der Waals surface area (Å²) in [6, 6.07) is 62.8. The molecule has 10 rings (SSSR count). The normalized spacial score (nSPS) is 11.6. The summed E-state index contributed by atoms with van der Waals surface area (Å²) in [5, 5.41) is 9.71. The molecule has 0 N–H and O–H groups in total. The first-order chi connectivity index (χ1) is 24.8. The van der Waals surface area contributed by atoms with Crippen molar-refractivity contribution < 1.29 is 4.42 Å². The van der Waals surface area contributed by atoms with Crippen LogP contribution in [0.4, 0.5) is 17.1 Å². The number of hydrogen-bond donors (Lipinski definition) is 0. The summed E-state index contributed by atoms with van der Waals surface area (Å²) in [6.45, 7) is 0. The van der Waals surface area contributed by atoms with Gasteiger partial charge in [0, 0.05) is 16.8 Å². The summed E-state index contributed by atoms with van der Waals surface area (Å²) in [4.78, 5) is 7.05. The zero-order chi connectivity index (χ0) is 33.0. The molecule has 0 radical (unpaired) electrons. The van der Waals surface area contributed by atoms with Crippen LogP contribution in [0.3, 0.4) is 0 Å². The van der Waals surface area contributed by atoms with Crippen LogP contribution in [0.1, 0.15) is 0 Å². The van der Waals surface area contributed by atoms with Gasteiger partial charge in [0.1, 0.15) is 5.58 Å². The van der Waals surface area contributed by atoms with Crippen LogP contribution in [0.2, 0.25) is 0 Å². The molecule has 0 amide bonds. The Morgan fingerprint density at radius 1 is 0.380 bits per heavy atom. The Hall–Kier alpha value is -6.71. The molecule has 10 aromatic rings. The molecule has 3 nitrogen and oxygen atoms in total. The molecule has 0 saturated carbocycles. The maximum atomic E-state index is 6.07. The predicted molar refractivity (Wildman–Crippen MR) is 210 cm³/mol. The highest BCUT2D eigenvalue weighted by Crippen LogP contribution is 2.40. The van der Waals surface area contributed by atoms with Gasteiger partial charge in [0.05, 0.1) is 17.3 Å². The van der Waals surface area contributed by atoms with E-state index in [2.05, 4.69) is 157 Å². The number of anilines is 3. The third-order valence-electron chi connectivity index (χ3n) is 9.89. The number of pyridine rings is 1. The van der Waals surface area contributed by atoms with E-state index in [4.69, 9.17) is 9.40 Å². The van der Waals surface area contributed by atoms with Gasteiger partial charge in [-0.1, -0.05) is 133 Å². The lowest BCUT2D eigenvalue weighted by Crippen LogP contribution is -2.10. The highest BCUT2D eigenvalue weighted by molar-refractivity contribution is 6.20. The quantitative estimate of drug-likeness (QED) is 0.176. The number of hydrogen-bond acceptors (Lipinski definition) is 3. The van der Waals surface area contributed by atoms with Gasteiger partial charge in [-0.25, -0.2) is 4.98 Å². The Bertz CT molecular complexity index is 2850. The second-order valence-corrected chi connectivity index (χ2v) is 12.8. The SMILES string of the molecule is c1ccc(-c2ccc(N(c3ccc(-c4ccc5c(ccc6ccc7ccccc7c65)c4)cc3)c3cnc4oc5ccccc5c4c3)cc2)cc1. The molecule has 3 heteroatoms. The van der Waals surface area contributed by atoms with Crippen LogP contribution >= 0.6 is 0 Å². The molecule has 0 aliphatic rings. The van der Waals surface area contributed by atoms with Crippen LogP contribution in [0.5, 0.6) is 0 Å². The molecule has 2 aromatic heterocycles. The minimum Gasteiger partial charge on any atom is -0.438 e. The molecule has 8 aromatic carbocycles. The lowest BCUT2D eigenvalue weighted by molar-refractivity contribution is 0.654. The Labute approximate surface area is 289 Å². The smallest absolute Gasteiger partial charge is 0.227 e. The van der Waals surface area contributed by atoms with Crippen molar-refractivity contribution in [2.24, 2.45) is 0 Å². The molecule has 0 saturated heterocycles. The summed E-state index contributed by atoms with van der Waals surface area (Å²) in [7, 11) is 0. The van der Waals surface area contributed by atoms with Crippen LogP contribution in [0.25, 0.3) is 76.6 Å². The third kappa shape index (κ3) is 4.71. The Morgan fingerprint density at radius 3 is 1.74 bits per heavy atom. The lowest BCUT2D eigenvalue weighted by Gasteiger charge is -2.25. The molecular weight excluding hydrogens is 609 g/mol. The van der Waals surface area contributed by atoms with Crippen LogP contribution < -0.4 is 4.90 Å². The van der Waals surface area contributed by atoms with Gasteiger partial charge in [-0.2, -0.15) is 0 Å². The first-order valence-corrected chi connectivity index (χ1v) is 16.9. The average Bonchev–Trinajstić information content (AvgIpc) is 3.56. The van der Waals surface area contributed by atoms with Gasteiger partial charge in [0.15, 0.2) is 0 Å². The van der Waals surface area contributed by atoms with E-state index < -0.39 is 0 Å². The van der Waals surface area contributed by atoms with E-state index in [1.165, 1.54) is 54.6 Å². The number of aromatic nitrogens is 1. The molecule has 0 bridgehead atoms. The number of para-hydroxylation sites is 1. The molecule has 2 heterocycles. The largest absolute Gasteiger partial charge is 0.438 e. The topological polar surface area (TPSA) is 29.3 Å². The molecule has 0 unspecified atom stereocenters. The molecule has 234 valence electrons. The molecular formula is C47H30N2O. The van der Waals surface area contributed by atoms with E-state index in [-0.39, 0.29) is 0 Å². The molecule has 0 spiro atoms. The molecule has 50 heavy (non-hydrogen) atoms. The Balaban J connectivity index is 1.07. The Kier molecular flexibility index (Phi) is 6.49. The zero-order valence-corrected chi connectivity index (χ0v) is 27.1. The third-order valence-corrected chi connectivity index (χ3v) is 9.89. The number of rotatable bonds is 5. The summed E-state index contributed by atoms with van der Waals surface area (Å²) in [6.07, 6.45) is 1.90. The average molecular weight is 639 g/mol. The number of fused-ring (bicyclic) bond motifs is 8. The summed E-state index contributed by atoms with van der Waals surface area (Å²) in [5.74, 6) is 0. The summed E-state index contributed by atoms with van der Waals surface area (Å²) >= 11 is 0. The maximum Gasteiger partial charge on any atom is 0.227 e. The fraction of sp³-hybridized carbons (Fsp3) is 0. The summed E-state index contributed by atoms with van der Waals surface area (Å²) < 4.78 is 6.07. The molecule has 0 aliphatic carbocycles. The van der Waals surface area contributed by atoms with Crippen molar-refractivity contribution in [3.63, 3.8) is 0 Å². The van der Waals surface area contributed by atoms with E-state index in [0.717, 1.165) is 33.4 Å². The van der Waals surface area contributed by atoms with Crippen LogP contribution in [0, 0.1) is 0 Å². The Morgan fingerprint density at radius 2 is 0.960 bits per heavy atom. The van der Waals surface area contributed by atoms with E-state index in [9.17, 15) is 0 Å². The maximum absolute atomic E-state index is 6.07. The fourth-order valence-corrected chi connectivity index (χ4v) is 7.42. The van der Waals surface area contributed by atoms with Crippen molar-refractivity contribution >= 4 is 71.4 Å². The van der Waals surface area contributed by atoms with E-state index in [1.807, 2.05) is 30.5 Å². The first-order valence-electron chi connectivity index (χ1n) is 16.9. The predicted octanol–water partition coefficient (Wildman–Crippen LogP) is 13.2. The van der Waals surface area contributed by atoms with Crippen LogP contribution in [0.15, 0.2) is 187 Å². The van der Waals surface area contributed by atoms with Crippen LogP contribution in [-0.4, -0.2) is 4.98 Å². The van der Waals surface area contributed by atoms with Crippen molar-refractivity contribution in [3.8, 4) is 22.3 Å². The number of nitrogens with zero attached hydrogens (tertiary/aromatic N) is 2. The van der Waals surface area contributed by atoms with Gasteiger partial charge in [-0.05, 0) is 97.0 Å². The van der Waals surface area contributed by atoms with E-state index in [1.54, 1.807) is 0 Å². The lowest BCUT2D eigenvalue weighted by atomic mass is 9.94. The van der Waals surface area contributed by atoms with Crippen molar-refractivity contribution in [1.82, 2.24) is 4.98 Å². The van der Waals surface area contributed by atoms with Crippen molar-refractivity contribution in [2.75, 3.05) is 4.90 Å². The second-order valence-electron chi connectivity index (χ2n) is 12.8. The highest BCUT2D eigenvalue weighted by atomic mass is 16.3. The van der Waals surface area contributed by atoms with Gasteiger partial charge < -0.3 is 9.32 Å². The minimum atomic E-state index is 0.641. The minimum absolute atomic E-state index is 0.641. The fourth-order valence-electron chi connectivity index (χ4n) is 7.42. The molecule has 0 atom stereocenters. The zero-order valence-electron chi connectivity index (χ0n) is 27.1. The number of furan rings is 1. The van der Waals surface area contributed by atoms with Crippen LogP contribution in [-0.2, 0) is 0 Å². The van der Waals surface area contributed by atoms with Crippen molar-refractivity contribution in [1.29, 1.82) is 0 Å². The van der Waals surface area contributed by atoms with Gasteiger partial charge in [0.25, 0.3) is 0 Å². The van der Waals surface area contributed by atoms with Crippen molar-refractivity contribution in [3.05, 3.63) is 182 Å². The van der Waals surface area contributed by atoms with Gasteiger partial charge >= 0.3 is 0 Å². The summed E-state index contributed by atoms with van der Waals surface area (Å²) in [5.41, 5.74) is 9.28. The standard InChI is InChI=1S/C47H30N2O/c1-2-8-31(9-3-1)32-18-23-38(24-19-32)49(40-29-44-43-12-6-7-13-45(43)50-47(44)48-30-40)39-25-20-33(21-26-39)36-22-27-42-37(28-36)17-16-35-15-14-34-10-4-5-11-41(34)46(35)42/h1-30H. The van der Waals surface area contributed by atoms with E-state index >= 15 is 0 Å². The van der Waals surface area contributed by atoms with Gasteiger partial charge in [0.2, 0.25) is 5.71 Å². The second kappa shape index (κ2) is 11.5. The number of benzene rings is 8. The van der Waals surface area contributed by atoms with Crippen molar-refractivity contribution in [2.45, 2.75) is 0 Å². The molecule has 0 aliphatic heterocycles. The highest BCUT2D eigenvalue weighted by Gasteiger charge is 2.17. The van der Waals surface area contributed by atoms with E-state index in [0.29, 0.717) is 5.71 Å². The first kappa shape index (κ1) is 28.3. The monoisotopic (exact) mass is 638 g/mol. The van der Waals surface area contributed by atoms with Gasteiger partial charge in [-0.15, -0.1) is 0 Å². The molecule has 0 fully saturated rings. The van der Waals surface area contributed by atoms with Gasteiger partial charge in [-0.3, -0.25) is 0 Å².